The summed E-state index contributed by atoms with van der Waals surface area (Å²) in [6.07, 6.45) is 1.51. The molecule has 57 heavy (non-hydrogen) atoms. The van der Waals surface area contributed by atoms with Crippen LogP contribution >= 0.6 is 11.8 Å². The van der Waals surface area contributed by atoms with E-state index in [0.717, 1.165) is 39.1 Å². The molecular weight excluding hydrogens is 739 g/mol. The number of rotatable bonds is 16. The number of ether oxygens (including phenoxy) is 2. The molecule has 292 valence electrons. The van der Waals surface area contributed by atoms with Gasteiger partial charge in [0.2, 0.25) is 17.0 Å². The van der Waals surface area contributed by atoms with Gasteiger partial charge in [-0.3, -0.25) is 9.59 Å². The van der Waals surface area contributed by atoms with Crippen LogP contribution in [0, 0.1) is 0 Å². The first-order chi connectivity index (χ1) is 27.9. The number of hydrogen-bond acceptors (Lipinski definition) is 10. The van der Waals surface area contributed by atoms with Crippen molar-refractivity contribution >= 4 is 35.0 Å². The number of carbonyl (C=O) groups excluding carboxylic acids is 2. The van der Waals surface area contributed by atoms with Gasteiger partial charge in [-0.15, -0.1) is 5.10 Å². The zero-order valence-electron chi connectivity index (χ0n) is 31.4. The second-order valence-corrected chi connectivity index (χ2v) is 14.8. The Balaban J connectivity index is 0.945. The van der Waals surface area contributed by atoms with Crippen LogP contribution in [0.3, 0.4) is 0 Å². The number of unbranched alkanes of at least 4 members (excludes halogenated alkanes) is 1. The number of nitrogens with two attached hydrogens (primary N) is 1. The lowest BCUT2D eigenvalue weighted by Crippen LogP contribution is -2.31. The van der Waals surface area contributed by atoms with Crippen LogP contribution in [0.25, 0.3) is 16.8 Å². The van der Waals surface area contributed by atoms with Crippen molar-refractivity contribution in [2.45, 2.75) is 68.9 Å². The third kappa shape index (κ3) is 10.7. The lowest BCUT2D eigenvalue weighted by molar-refractivity contribution is -0.245. The van der Waals surface area contributed by atoms with Crippen molar-refractivity contribution in [2.75, 3.05) is 16.8 Å². The van der Waals surface area contributed by atoms with E-state index in [1.807, 2.05) is 97.1 Å². The summed E-state index contributed by atoms with van der Waals surface area (Å²) in [6, 6.07) is 41.0. The maximum Gasteiger partial charge on any atom is 0.224 e. The van der Waals surface area contributed by atoms with E-state index >= 15 is 0 Å². The summed E-state index contributed by atoms with van der Waals surface area (Å²) in [5.41, 5.74) is 13.7. The van der Waals surface area contributed by atoms with Gasteiger partial charge in [0, 0.05) is 37.1 Å². The van der Waals surface area contributed by atoms with Gasteiger partial charge >= 0.3 is 0 Å². The van der Waals surface area contributed by atoms with Crippen molar-refractivity contribution < 1.29 is 24.2 Å². The van der Waals surface area contributed by atoms with Crippen molar-refractivity contribution in [1.82, 2.24) is 25.5 Å². The van der Waals surface area contributed by atoms with Crippen LogP contribution in [0.1, 0.15) is 66.8 Å². The highest BCUT2D eigenvalue weighted by atomic mass is 32.2. The molecule has 0 bridgehead atoms. The highest BCUT2D eigenvalue weighted by Gasteiger charge is 2.32. The largest absolute Gasteiger partial charge is 0.397 e. The van der Waals surface area contributed by atoms with Crippen molar-refractivity contribution in [3.05, 3.63) is 150 Å². The first-order valence-electron chi connectivity index (χ1n) is 19.0. The average Bonchev–Trinajstić information content (AvgIpc) is 3.74. The molecule has 6 aromatic rings. The van der Waals surface area contributed by atoms with Crippen LogP contribution in [-0.2, 0) is 32.2 Å². The van der Waals surface area contributed by atoms with E-state index in [-0.39, 0.29) is 30.6 Å². The molecule has 0 saturated carbocycles. The summed E-state index contributed by atoms with van der Waals surface area (Å²) in [6.45, 7) is 0.381. The Morgan fingerprint density at radius 3 is 2.30 bits per heavy atom. The van der Waals surface area contributed by atoms with Crippen LogP contribution in [0.2, 0.25) is 0 Å². The lowest BCUT2D eigenvalue weighted by atomic mass is 9.99. The quantitative estimate of drug-likeness (QED) is 0.0437. The summed E-state index contributed by atoms with van der Waals surface area (Å²) in [7, 11) is 0. The Morgan fingerprint density at radius 1 is 0.789 bits per heavy atom. The minimum atomic E-state index is -0.607. The number of para-hydroxylation sites is 3. The number of benzene rings is 5. The van der Waals surface area contributed by atoms with Gasteiger partial charge in [0.25, 0.3) is 0 Å². The minimum absolute atomic E-state index is 0.0214. The molecule has 13 heteroatoms. The third-order valence-corrected chi connectivity index (χ3v) is 10.7. The Labute approximate surface area is 335 Å². The molecule has 7 rings (SSSR count). The van der Waals surface area contributed by atoms with Gasteiger partial charge in [-0.05, 0) is 81.4 Å². The highest BCUT2D eigenvalue weighted by Crippen LogP contribution is 2.40. The van der Waals surface area contributed by atoms with Crippen molar-refractivity contribution in [3.8, 4) is 16.8 Å². The van der Waals surface area contributed by atoms with Gasteiger partial charge in [-0.1, -0.05) is 109 Å². The monoisotopic (exact) mass is 783 g/mol. The second kappa shape index (κ2) is 19.3. The lowest BCUT2D eigenvalue weighted by Gasteiger charge is -2.36. The predicted molar refractivity (Wildman–Crippen MR) is 220 cm³/mol. The van der Waals surface area contributed by atoms with Crippen molar-refractivity contribution in [1.29, 1.82) is 0 Å². The normalized spacial score (nSPS) is 16.5. The SMILES string of the molecule is Nc1ccccc1NC(=O)CCCCC(=O)NCc1cccc(-c2ccc([C@@H]3O[C@H](CSc4nnnn4-c4ccccc4)C[C@H](c4ccc(CO)cc4)O3)cc2)c1. The van der Waals surface area contributed by atoms with Gasteiger partial charge in [0.1, 0.15) is 0 Å². The van der Waals surface area contributed by atoms with Crippen LogP contribution in [-0.4, -0.2) is 49.0 Å². The zero-order valence-corrected chi connectivity index (χ0v) is 32.2. The first-order valence-corrected chi connectivity index (χ1v) is 20.0. The smallest absolute Gasteiger partial charge is 0.224 e. The number of thioether (sulfide) groups is 1. The number of aromatic nitrogens is 4. The number of aliphatic hydroxyl groups excluding tert-OH is 1. The topological polar surface area (TPSA) is 167 Å². The number of aliphatic hydroxyl groups is 1. The van der Waals surface area contributed by atoms with E-state index in [9.17, 15) is 14.7 Å². The Bertz CT molecular complexity index is 2230. The molecule has 2 heterocycles. The predicted octanol–water partition coefficient (Wildman–Crippen LogP) is 7.56. The fourth-order valence-electron chi connectivity index (χ4n) is 6.57. The number of tetrazole rings is 1. The number of nitrogen functional groups attached to an aromatic ring is 1. The molecule has 0 aliphatic carbocycles. The summed E-state index contributed by atoms with van der Waals surface area (Å²) < 4.78 is 14.9. The molecule has 0 unspecified atom stereocenters. The Kier molecular flexibility index (Phi) is 13.4. The van der Waals surface area contributed by atoms with Crippen molar-refractivity contribution in [3.63, 3.8) is 0 Å². The first kappa shape index (κ1) is 39.4. The maximum absolute atomic E-state index is 12.6. The molecule has 2 amide bonds. The van der Waals surface area contributed by atoms with Crippen molar-refractivity contribution in [2.24, 2.45) is 0 Å². The molecule has 5 N–H and O–H groups in total. The minimum Gasteiger partial charge on any atom is -0.397 e. The van der Waals surface area contributed by atoms with Crippen LogP contribution < -0.4 is 16.4 Å². The fourth-order valence-corrected chi connectivity index (χ4v) is 7.48. The van der Waals surface area contributed by atoms with E-state index in [1.54, 1.807) is 16.8 Å². The van der Waals surface area contributed by atoms with E-state index in [2.05, 4.69) is 44.4 Å². The van der Waals surface area contributed by atoms with E-state index in [0.29, 0.717) is 60.9 Å². The van der Waals surface area contributed by atoms with Gasteiger partial charge in [-0.25, -0.2) is 0 Å². The average molecular weight is 784 g/mol. The molecule has 12 nitrogen and oxygen atoms in total. The number of anilines is 2. The van der Waals surface area contributed by atoms with Gasteiger partial charge in [-0.2, -0.15) is 4.68 Å². The van der Waals surface area contributed by atoms with Gasteiger partial charge < -0.3 is 30.9 Å². The second-order valence-electron chi connectivity index (χ2n) is 13.8. The summed E-state index contributed by atoms with van der Waals surface area (Å²) in [5, 5.41) is 28.5. The zero-order chi connectivity index (χ0) is 39.4. The molecule has 1 aliphatic rings. The van der Waals surface area contributed by atoms with Crippen LogP contribution in [0.4, 0.5) is 11.4 Å². The summed E-state index contributed by atoms with van der Waals surface area (Å²) >= 11 is 1.54. The number of carbonyl (C=O) groups is 2. The fraction of sp³-hybridized carbons (Fsp3) is 0.250. The molecule has 1 aliphatic heterocycles. The van der Waals surface area contributed by atoms with Crippen LogP contribution in [0.15, 0.2) is 133 Å². The van der Waals surface area contributed by atoms with Crippen LogP contribution in [0.5, 0.6) is 0 Å². The summed E-state index contributed by atoms with van der Waals surface area (Å²) in [4.78, 5) is 24.9. The highest BCUT2D eigenvalue weighted by molar-refractivity contribution is 7.99. The molecule has 5 aromatic carbocycles. The van der Waals surface area contributed by atoms with Gasteiger partial charge in [0.15, 0.2) is 6.29 Å². The Morgan fingerprint density at radius 2 is 1.53 bits per heavy atom. The van der Waals surface area contributed by atoms with E-state index in [1.165, 1.54) is 11.8 Å². The molecule has 1 fully saturated rings. The number of amides is 2. The third-order valence-electron chi connectivity index (χ3n) is 9.68. The number of hydrogen-bond donors (Lipinski definition) is 4. The molecule has 1 saturated heterocycles. The standard InChI is InChI=1S/C44H45N7O5S/c45-38-13-4-5-14-39(38)47-42(54)16-7-6-15-41(53)46-27-31-9-8-10-35(25-31)32-21-23-34(24-22-32)43-55-37(26-40(56-43)33-19-17-30(28-52)18-20-33)29-57-44-48-49-50-51(44)36-11-2-1-3-12-36/h1-5,8-14,17-25,37,40,43,52H,6-7,15-16,26-29,45H2,(H,46,53)(H,47,54)/t37-,40+,43+/m0/s1. The Hall–Kier alpha value is -5.86. The molecular formula is C44H45N7O5S. The number of nitrogens with one attached hydrogen (secondary N) is 2. The van der Waals surface area contributed by atoms with E-state index < -0.39 is 6.29 Å². The molecule has 1 aromatic heterocycles. The van der Waals surface area contributed by atoms with Gasteiger partial charge in [0.05, 0.1) is 35.9 Å². The maximum atomic E-state index is 12.6. The number of nitrogens with zero attached hydrogens (tertiary/aromatic N) is 4. The molecule has 3 atom stereocenters. The summed E-state index contributed by atoms with van der Waals surface area (Å²) in [5.74, 6) is 0.436. The molecule has 0 spiro atoms. The molecule has 0 radical (unpaired) electrons. The van der Waals surface area contributed by atoms with E-state index in [4.69, 9.17) is 15.2 Å².